The first-order valence-corrected chi connectivity index (χ1v) is 10.4. The standard InChI is InChI=1S/C24H26N4O2/c1-2-27-9-11-28(12-10-27)24-21-6-4-3-5-18(21)16-22(26-24)19-7-8-23(30-14-13-29)20(15-19)17-25/h3-8,15-16,29H,2,9-14H2,1H3. The van der Waals surface area contributed by atoms with Gasteiger partial charge in [0.1, 0.15) is 24.2 Å². The predicted molar refractivity (Wildman–Crippen MR) is 119 cm³/mol. The Hall–Kier alpha value is -3.14. The monoisotopic (exact) mass is 402 g/mol. The van der Waals surface area contributed by atoms with Crippen molar-refractivity contribution in [3.8, 4) is 23.1 Å². The van der Waals surface area contributed by atoms with E-state index in [1.54, 1.807) is 6.07 Å². The van der Waals surface area contributed by atoms with Crippen molar-refractivity contribution in [1.82, 2.24) is 9.88 Å². The topological polar surface area (TPSA) is 72.6 Å². The number of nitrogens with zero attached hydrogens (tertiary/aromatic N) is 4. The van der Waals surface area contributed by atoms with Gasteiger partial charge in [-0.2, -0.15) is 5.26 Å². The summed E-state index contributed by atoms with van der Waals surface area (Å²) < 4.78 is 5.47. The maximum atomic E-state index is 9.54. The van der Waals surface area contributed by atoms with Gasteiger partial charge in [0.15, 0.2) is 0 Å². The fraction of sp³-hybridized carbons (Fsp3) is 0.333. The van der Waals surface area contributed by atoms with Gasteiger partial charge in [0.2, 0.25) is 0 Å². The summed E-state index contributed by atoms with van der Waals surface area (Å²) in [5, 5.41) is 20.8. The van der Waals surface area contributed by atoms with Gasteiger partial charge in [-0.1, -0.05) is 31.2 Å². The second-order valence-corrected chi connectivity index (χ2v) is 7.37. The largest absolute Gasteiger partial charge is 0.490 e. The van der Waals surface area contributed by atoms with Crippen LogP contribution in [-0.2, 0) is 0 Å². The van der Waals surface area contributed by atoms with E-state index in [-0.39, 0.29) is 13.2 Å². The smallest absolute Gasteiger partial charge is 0.137 e. The number of benzene rings is 2. The molecule has 2 aromatic carbocycles. The Morgan fingerprint density at radius 1 is 1.10 bits per heavy atom. The van der Waals surface area contributed by atoms with E-state index < -0.39 is 0 Å². The van der Waals surface area contributed by atoms with Gasteiger partial charge >= 0.3 is 0 Å². The molecule has 1 saturated heterocycles. The third-order valence-corrected chi connectivity index (χ3v) is 5.58. The summed E-state index contributed by atoms with van der Waals surface area (Å²) in [7, 11) is 0. The highest BCUT2D eigenvalue weighted by molar-refractivity contribution is 5.95. The average molecular weight is 402 g/mol. The molecule has 0 atom stereocenters. The number of fused-ring (bicyclic) bond motifs is 1. The Bertz CT molecular complexity index is 1070. The van der Waals surface area contributed by atoms with Crippen molar-refractivity contribution >= 4 is 16.6 Å². The first-order valence-electron chi connectivity index (χ1n) is 10.4. The first-order chi connectivity index (χ1) is 14.7. The van der Waals surface area contributed by atoms with Gasteiger partial charge in [-0.25, -0.2) is 4.98 Å². The zero-order valence-corrected chi connectivity index (χ0v) is 17.2. The van der Waals surface area contributed by atoms with Crippen LogP contribution in [0.25, 0.3) is 22.0 Å². The number of aromatic nitrogens is 1. The van der Waals surface area contributed by atoms with E-state index in [0.717, 1.165) is 60.6 Å². The van der Waals surface area contributed by atoms with Gasteiger partial charge in [0.25, 0.3) is 0 Å². The van der Waals surface area contributed by atoms with E-state index in [9.17, 15) is 5.26 Å². The summed E-state index contributed by atoms with van der Waals surface area (Å²) in [6.45, 7) is 7.31. The van der Waals surface area contributed by atoms with Crippen LogP contribution in [0.5, 0.6) is 5.75 Å². The minimum Gasteiger partial charge on any atom is -0.490 e. The number of pyridine rings is 1. The Kier molecular flexibility index (Phi) is 6.12. The van der Waals surface area contributed by atoms with Crippen LogP contribution >= 0.6 is 0 Å². The van der Waals surface area contributed by atoms with Crippen molar-refractivity contribution in [1.29, 1.82) is 5.26 Å². The van der Waals surface area contributed by atoms with E-state index in [1.165, 1.54) is 0 Å². The lowest BCUT2D eigenvalue weighted by atomic mass is 10.0. The van der Waals surface area contributed by atoms with Gasteiger partial charge in [-0.3, -0.25) is 0 Å². The average Bonchev–Trinajstić information content (AvgIpc) is 2.82. The van der Waals surface area contributed by atoms with Gasteiger partial charge in [0.05, 0.1) is 17.9 Å². The Labute approximate surface area is 176 Å². The molecule has 0 radical (unpaired) electrons. The SMILES string of the molecule is CCN1CCN(c2nc(-c3ccc(OCCO)c(C#N)c3)cc3ccccc23)CC1. The van der Waals surface area contributed by atoms with Crippen LogP contribution in [0, 0.1) is 11.3 Å². The van der Waals surface area contributed by atoms with E-state index in [0.29, 0.717) is 11.3 Å². The molecular weight excluding hydrogens is 376 g/mol. The number of hydrogen-bond donors (Lipinski definition) is 1. The molecular formula is C24H26N4O2. The Balaban J connectivity index is 1.74. The van der Waals surface area contributed by atoms with E-state index in [2.05, 4.69) is 47.1 Å². The number of hydrogen-bond acceptors (Lipinski definition) is 6. The summed E-state index contributed by atoms with van der Waals surface area (Å²) in [5.74, 6) is 1.48. The highest BCUT2D eigenvalue weighted by Crippen LogP contribution is 2.32. The van der Waals surface area contributed by atoms with Gasteiger partial charge in [-0.15, -0.1) is 0 Å². The van der Waals surface area contributed by atoms with E-state index in [4.69, 9.17) is 14.8 Å². The summed E-state index contributed by atoms with van der Waals surface area (Å²) >= 11 is 0. The number of aliphatic hydroxyl groups excluding tert-OH is 1. The van der Waals surface area contributed by atoms with Crippen LogP contribution in [0.3, 0.4) is 0 Å². The molecule has 0 aliphatic carbocycles. The Morgan fingerprint density at radius 3 is 2.63 bits per heavy atom. The fourth-order valence-electron chi connectivity index (χ4n) is 3.90. The first kappa shape index (κ1) is 20.1. The lowest BCUT2D eigenvalue weighted by molar-refractivity contribution is 0.201. The minimum atomic E-state index is -0.0898. The predicted octanol–water partition coefficient (Wildman–Crippen LogP) is 3.29. The van der Waals surface area contributed by atoms with Crippen LogP contribution in [-0.4, -0.2) is 60.9 Å². The minimum absolute atomic E-state index is 0.0898. The molecule has 1 fully saturated rings. The third-order valence-electron chi connectivity index (χ3n) is 5.58. The molecule has 2 heterocycles. The highest BCUT2D eigenvalue weighted by Gasteiger charge is 2.20. The summed E-state index contributed by atoms with van der Waals surface area (Å²) in [6, 6.07) is 18.1. The molecule has 154 valence electrons. The molecule has 1 aliphatic heterocycles. The quantitative estimate of drug-likeness (QED) is 0.682. The number of likely N-dealkylation sites (N-methyl/N-ethyl adjacent to an activating group) is 1. The van der Waals surface area contributed by atoms with Crippen LogP contribution in [0.1, 0.15) is 12.5 Å². The van der Waals surface area contributed by atoms with Gasteiger partial charge in [-0.05, 0) is 36.2 Å². The van der Waals surface area contributed by atoms with Crippen molar-refractivity contribution in [3.05, 3.63) is 54.1 Å². The number of aliphatic hydroxyl groups is 1. The molecule has 4 rings (SSSR count). The molecule has 0 amide bonds. The van der Waals surface area contributed by atoms with Crippen molar-refractivity contribution in [2.24, 2.45) is 0 Å². The molecule has 0 spiro atoms. The number of nitriles is 1. The molecule has 1 aliphatic rings. The van der Waals surface area contributed by atoms with Crippen molar-refractivity contribution in [2.75, 3.05) is 50.8 Å². The third kappa shape index (κ3) is 4.09. The molecule has 0 bridgehead atoms. The van der Waals surface area contributed by atoms with Crippen molar-refractivity contribution in [2.45, 2.75) is 6.92 Å². The molecule has 1 aromatic heterocycles. The fourth-order valence-corrected chi connectivity index (χ4v) is 3.90. The lowest BCUT2D eigenvalue weighted by Gasteiger charge is -2.35. The van der Waals surface area contributed by atoms with Crippen LogP contribution in [0.2, 0.25) is 0 Å². The van der Waals surface area contributed by atoms with E-state index >= 15 is 0 Å². The number of ether oxygens (including phenoxy) is 1. The summed E-state index contributed by atoms with van der Waals surface area (Å²) in [4.78, 5) is 9.84. The number of anilines is 1. The normalized spacial score (nSPS) is 14.6. The van der Waals surface area contributed by atoms with Crippen LogP contribution in [0.15, 0.2) is 48.5 Å². The second-order valence-electron chi connectivity index (χ2n) is 7.37. The molecule has 0 saturated carbocycles. The maximum Gasteiger partial charge on any atom is 0.137 e. The lowest BCUT2D eigenvalue weighted by Crippen LogP contribution is -2.46. The highest BCUT2D eigenvalue weighted by atomic mass is 16.5. The summed E-state index contributed by atoms with van der Waals surface area (Å²) in [5.41, 5.74) is 2.16. The molecule has 0 unspecified atom stereocenters. The molecule has 30 heavy (non-hydrogen) atoms. The maximum absolute atomic E-state index is 9.54. The van der Waals surface area contributed by atoms with Gasteiger partial charge < -0.3 is 19.6 Å². The zero-order chi connectivity index (χ0) is 20.9. The zero-order valence-electron chi connectivity index (χ0n) is 17.2. The molecule has 1 N–H and O–H groups in total. The second kappa shape index (κ2) is 9.12. The molecule has 3 aromatic rings. The van der Waals surface area contributed by atoms with Crippen molar-refractivity contribution in [3.63, 3.8) is 0 Å². The van der Waals surface area contributed by atoms with Gasteiger partial charge in [0, 0.05) is 37.1 Å². The van der Waals surface area contributed by atoms with Crippen LogP contribution < -0.4 is 9.64 Å². The number of piperazine rings is 1. The van der Waals surface area contributed by atoms with Crippen molar-refractivity contribution < 1.29 is 9.84 Å². The molecule has 6 nitrogen and oxygen atoms in total. The van der Waals surface area contributed by atoms with E-state index in [1.807, 2.05) is 18.2 Å². The summed E-state index contributed by atoms with van der Waals surface area (Å²) in [6.07, 6.45) is 0. The molecule has 6 heteroatoms. The Morgan fingerprint density at radius 2 is 1.90 bits per heavy atom. The van der Waals surface area contributed by atoms with Crippen LogP contribution in [0.4, 0.5) is 5.82 Å². The number of rotatable bonds is 6.